The number of ether oxygens (including phenoxy) is 1. The van der Waals surface area contributed by atoms with Crippen molar-refractivity contribution in [1.29, 1.82) is 0 Å². The summed E-state index contributed by atoms with van der Waals surface area (Å²) in [6.45, 7) is 10.3. The molecule has 2 aromatic heterocycles. The first-order valence-corrected chi connectivity index (χ1v) is 9.47. The van der Waals surface area contributed by atoms with Crippen molar-refractivity contribution in [2.75, 3.05) is 18.5 Å². The molecule has 1 aliphatic carbocycles. The largest absolute Gasteiger partial charge is 0.376 e. The molecule has 1 saturated carbocycles. The number of nitrogens with zero attached hydrogens (tertiary/aromatic N) is 3. The summed E-state index contributed by atoms with van der Waals surface area (Å²) in [5.74, 6) is 0.697. The van der Waals surface area contributed by atoms with Gasteiger partial charge in [0.25, 0.3) is 0 Å². The SMILES string of the molecule is C[C@@H]1CCCC[C@H]1OCCNc1nn2cc(C(C)(C)C)nc2s1. The van der Waals surface area contributed by atoms with Crippen LogP contribution < -0.4 is 5.32 Å². The minimum Gasteiger partial charge on any atom is -0.376 e. The lowest BCUT2D eigenvalue weighted by atomic mass is 9.88. The molecule has 0 amide bonds. The van der Waals surface area contributed by atoms with Gasteiger partial charge in [-0.05, 0) is 18.8 Å². The second-order valence-corrected chi connectivity index (χ2v) is 8.56. The van der Waals surface area contributed by atoms with Crippen molar-refractivity contribution in [2.45, 2.75) is 64.9 Å². The Kier molecular flexibility index (Phi) is 4.92. The van der Waals surface area contributed by atoms with Crippen molar-refractivity contribution < 1.29 is 4.74 Å². The van der Waals surface area contributed by atoms with Gasteiger partial charge in [0, 0.05) is 12.0 Å². The van der Waals surface area contributed by atoms with Crippen molar-refractivity contribution in [2.24, 2.45) is 5.92 Å². The summed E-state index contributed by atoms with van der Waals surface area (Å²) in [6.07, 6.45) is 7.64. The smallest absolute Gasteiger partial charge is 0.214 e. The van der Waals surface area contributed by atoms with Gasteiger partial charge in [0.2, 0.25) is 10.1 Å². The summed E-state index contributed by atoms with van der Waals surface area (Å²) < 4.78 is 7.90. The van der Waals surface area contributed by atoms with Crippen molar-refractivity contribution in [3.05, 3.63) is 11.9 Å². The molecule has 1 N–H and O–H groups in total. The van der Waals surface area contributed by atoms with Crippen LogP contribution >= 0.6 is 11.3 Å². The van der Waals surface area contributed by atoms with Gasteiger partial charge < -0.3 is 10.1 Å². The topological polar surface area (TPSA) is 51.5 Å². The predicted octanol–water partition coefficient (Wildman–Crippen LogP) is 4.10. The molecule has 5 nitrogen and oxygen atoms in total. The van der Waals surface area contributed by atoms with Gasteiger partial charge >= 0.3 is 0 Å². The zero-order valence-corrected chi connectivity index (χ0v) is 15.4. The molecule has 2 aromatic rings. The van der Waals surface area contributed by atoms with Crippen LogP contribution in [0.4, 0.5) is 5.13 Å². The Morgan fingerprint density at radius 3 is 2.83 bits per heavy atom. The minimum absolute atomic E-state index is 0.0611. The Morgan fingerprint density at radius 1 is 1.35 bits per heavy atom. The summed E-state index contributed by atoms with van der Waals surface area (Å²) >= 11 is 1.59. The van der Waals surface area contributed by atoms with Gasteiger partial charge in [-0.1, -0.05) is 51.9 Å². The first-order valence-electron chi connectivity index (χ1n) is 8.65. The molecule has 1 fully saturated rings. The van der Waals surface area contributed by atoms with Crippen LogP contribution in [0.25, 0.3) is 4.96 Å². The Labute approximate surface area is 142 Å². The molecular formula is C17H28N4OS. The first-order chi connectivity index (χ1) is 10.9. The molecule has 0 bridgehead atoms. The molecule has 1 aliphatic rings. The minimum atomic E-state index is 0.0611. The molecule has 0 aliphatic heterocycles. The summed E-state index contributed by atoms with van der Waals surface area (Å²) in [4.78, 5) is 5.61. The van der Waals surface area contributed by atoms with E-state index < -0.39 is 0 Å². The highest BCUT2D eigenvalue weighted by molar-refractivity contribution is 7.20. The number of aromatic nitrogens is 3. The van der Waals surface area contributed by atoms with Crippen LogP contribution in [-0.2, 0) is 10.2 Å². The molecule has 23 heavy (non-hydrogen) atoms. The molecule has 0 radical (unpaired) electrons. The average molecular weight is 337 g/mol. The van der Waals surface area contributed by atoms with Crippen LogP contribution in [0.15, 0.2) is 6.20 Å². The molecule has 128 valence electrons. The third-order valence-electron chi connectivity index (χ3n) is 4.55. The van der Waals surface area contributed by atoms with Gasteiger partial charge in [-0.25, -0.2) is 9.50 Å². The van der Waals surface area contributed by atoms with E-state index in [0.717, 1.165) is 28.9 Å². The number of imidazole rings is 1. The number of hydrogen-bond acceptors (Lipinski definition) is 5. The van der Waals surface area contributed by atoms with Gasteiger partial charge in [0.15, 0.2) is 0 Å². The van der Waals surface area contributed by atoms with Gasteiger partial charge in [0.05, 0.1) is 24.6 Å². The van der Waals surface area contributed by atoms with E-state index in [9.17, 15) is 0 Å². The van der Waals surface area contributed by atoms with Crippen LogP contribution in [0.5, 0.6) is 0 Å². The van der Waals surface area contributed by atoms with E-state index in [1.54, 1.807) is 11.3 Å². The van der Waals surface area contributed by atoms with Crippen molar-refractivity contribution >= 4 is 21.4 Å². The standard InChI is InChI=1S/C17H28N4OS/c1-12-7-5-6-8-13(12)22-10-9-18-15-20-21-11-14(17(2,3)4)19-16(21)23-15/h11-13H,5-10H2,1-4H3,(H,18,20)/t12-,13-/m1/s1. The fraction of sp³-hybridized carbons (Fsp3) is 0.765. The summed E-state index contributed by atoms with van der Waals surface area (Å²) in [5.41, 5.74) is 1.14. The number of hydrogen-bond donors (Lipinski definition) is 1. The predicted molar refractivity (Wildman–Crippen MR) is 95.4 cm³/mol. The van der Waals surface area contributed by atoms with E-state index in [1.807, 2.05) is 10.7 Å². The second-order valence-electron chi connectivity index (χ2n) is 7.61. The Hall–Kier alpha value is -1.14. The third kappa shape index (κ3) is 4.04. The van der Waals surface area contributed by atoms with E-state index >= 15 is 0 Å². The maximum Gasteiger partial charge on any atom is 0.214 e. The normalized spacial score (nSPS) is 22.6. The molecule has 0 aromatic carbocycles. The first kappa shape index (κ1) is 16.7. The zero-order chi connectivity index (χ0) is 16.4. The fourth-order valence-electron chi connectivity index (χ4n) is 3.03. The summed E-state index contributed by atoms with van der Waals surface area (Å²) in [5, 5.41) is 8.82. The van der Waals surface area contributed by atoms with Gasteiger partial charge in [-0.2, -0.15) is 0 Å². The second kappa shape index (κ2) is 6.77. The Balaban J connectivity index is 1.49. The van der Waals surface area contributed by atoms with Gasteiger partial charge in [-0.15, -0.1) is 5.10 Å². The van der Waals surface area contributed by atoms with Crippen LogP contribution in [-0.4, -0.2) is 33.9 Å². The van der Waals surface area contributed by atoms with Crippen LogP contribution in [0.3, 0.4) is 0 Å². The molecular weight excluding hydrogens is 308 g/mol. The van der Waals surface area contributed by atoms with Crippen molar-refractivity contribution in [3.8, 4) is 0 Å². The van der Waals surface area contributed by atoms with Crippen LogP contribution in [0.2, 0.25) is 0 Å². The number of anilines is 1. The van der Waals surface area contributed by atoms with Gasteiger partial charge in [0.1, 0.15) is 0 Å². The third-order valence-corrected chi connectivity index (χ3v) is 5.43. The van der Waals surface area contributed by atoms with E-state index in [0.29, 0.717) is 12.0 Å². The molecule has 0 unspecified atom stereocenters. The molecule has 2 atom stereocenters. The summed E-state index contributed by atoms with van der Waals surface area (Å²) in [7, 11) is 0. The van der Waals surface area contributed by atoms with Crippen molar-refractivity contribution in [3.63, 3.8) is 0 Å². The lowest BCUT2D eigenvalue weighted by Gasteiger charge is -2.28. The van der Waals surface area contributed by atoms with E-state index in [-0.39, 0.29) is 5.41 Å². The number of nitrogens with one attached hydrogen (secondary N) is 1. The highest BCUT2D eigenvalue weighted by Gasteiger charge is 2.22. The van der Waals surface area contributed by atoms with E-state index in [1.165, 1.54) is 25.7 Å². The average Bonchev–Trinajstić information content (AvgIpc) is 3.03. The van der Waals surface area contributed by atoms with E-state index in [2.05, 4.69) is 43.1 Å². The van der Waals surface area contributed by atoms with E-state index in [4.69, 9.17) is 4.74 Å². The van der Waals surface area contributed by atoms with Crippen molar-refractivity contribution in [1.82, 2.24) is 14.6 Å². The molecule has 0 spiro atoms. The number of fused-ring (bicyclic) bond motifs is 1. The molecule has 2 heterocycles. The van der Waals surface area contributed by atoms with Gasteiger partial charge in [-0.3, -0.25) is 0 Å². The fourth-order valence-corrected chi connectivity index (χ4v) is 3.84. The molecule has 3 rings (SSSR count). The lowest BCUT2D eigenvalue weighted by Crippen LogP contribution is -2.27. The Bertz CT molecular complexity index is 611. The highest BCUT2D eigenvalue weighted by atomic mass is 32.1. The zero-order valence-electron chi connectivity index (χ0n) is 14.6. The maximum atomic E-state index is 6.03. The lowest BCUT2D eigenvalue weighted by molar-refractivity contribution is 0.000388. The maximum absolute atomic E-state index is 6.03. The van der Waals surface area contributed by atoms with Crippen LogP contribution in [0, 0.1) is 5.92 Å². The number of rotatable bonds is 5. The highest BCUT2D eigenvalue weighted by Crippen LogP contribution is 2.27. The quantitative estimate of drug-likeness (QED) is 0.835. The monoisotopic (exact) mass is 336 g/mol. The molecule has 0 saturated heterocycles. The Morgan fingerprint density at radius 2 is 2.13 bits per heavy atom. The summed E-state index contributed by atoms with van der Waals surface area (Å²) in [6, 6.07) is 0. The van der Waals surface area contributed by atoms with Crippen LogP contribution in [0.1, 0.15) is 59.1 Å². The molecule has 6 heteroatoms.